The summed E-state index contributed by atoms with van der Waals surface area (Å²) >= 11 is 0. The van der Waals surface area contributed by atoms with Gasteiger partial charge in [0, 0.05) is 18.5 Å². The highest BCUT2D eigenvalue weighted by Crippen LogP contribution is 2.18. The topological polar surface area (TPSA) is 55.1 Å². The van der Waals surface area contributed by atoms with E-state index in [2.05, 4.69) is 4.98 Å². The number of benzene rings is 1. The Hall–Kier alpha value is -2.25. The van der Waals surface area contributed by atoms with Crippen LogP contribution >= 0.6 is 0 Å². The van der Waals surface area contributed by atoms with Gasteiger partial charge >= 0.3 is 12.1 Å². The average Bonchev–Trinajstić information content (AvgIpc) is 2.87. The SMILES string of the molecule is [B]c1ccc(-c2nc(CCNC(=O)C(F)(F)F)co2)cc1. The number of halogens is 3. The van der Waals surface area contributed by atoms with Crippen LogP contribution in [-0.4, -0.2) is 31.5 Å². The molecule has 108 valence electrons. The van der Waals surface area contributed by atoms with Crippen molar-refractivity contribution in [3.63, 3.8) is 0 Å². The van der Waals surface area contributed by atoms with Gasteiger partial charge in [0.2, 0.25) is 5.89 Å². The minimum absolute atomic E-state index is 0.139. The molecule has 0 aliphatic carbocycles. The van der Waals surface area contributed by atoms with Crippen molar-refractivity contribution in [2.24, 2.45) is 0 Å². The Morgan fingerprint density at radius 3 is 2.57 bits per heavy atom. The van der Waals surface area contributed by atoms with Gasteiger partial charge in [0.25, 0.3) is 0 Å². The third kappa shape index (κ3) is 4.11. The van der Waals surface area contributed by atoms with Crippen molar-refractivity contribution in [1.82, 2.24) is 10.3 Å². The van der Waals surface area contributed by atoms with Crippen LogP contribution in [-0.2, 0) is 11.2 Å². The Morgan fingerprint density at radius 1 is 1.29 bits per heavy atom. The molecular formula is C13H10BF3N2O2. The monoisotopic (exact) mass is 294 g/mol. The van der Waals surface area contributed by atoms with E-state index in [0.29, 0.717) is 22.6 Å². The largest absolute Gasteiger partial charge is 0.471 e. The number of carbonyl (C=O) groups is 1. The summed E-state index contributed by atoms with van der Waals surface area (Å²) in [6.45, 7) is -0.175. The highest BCUT2D eigenvalue weighted by atomic mass is 19.4. The summed E-state index contributed by atoms with van der Waals surface area (Å²) in [4.78, 5) is 14.8. The zero-order chi connectivity index (χ0) is 15.5. The molecule has 4 nitrogen and oxygen atoms in total. The molecule has 0 aliphatic heterocycles. The van der Waals surface area contributed by atoms with E-state index in [9.17, 15) is 18.0 Å². The smallest absolute Gasteiger partial charge is 0.444 e. The molecule has 1 heterocycles. The van der Waals surface area contributed by atoms with Crippen LogP contribution in [0.2, 0.25) is 0 Å². The molecule has 2 radical (unpaired) electrons. The fourth-order valence-electron chi connectivity index (χ4n) is 1.58. The predicted octanol–water partition coefficient (Wildman–Crippen LogP) is 1.36. The first-order chi connectivity index (χ1) is 9.86. The molecular weight excluding hydrogens is 284 g/mol. The van der Waals surface area contributed by atoms with E-state index in [0.717, 1.165) is 0 Å². The summed E-state index contributed by atoms with van der Waals surface area (Å²) in [5, 5.41) is 1.77. The molecule has 8 heteroatoms. The van der Waals surface area contributed by atoms with Gasteiger partial charge in [-0.2, -0.15) is 13.2 Å². The maximum Gasteiger partial charge on any atom is 0.471 e. The second-order valence-corrected chi connectivity index (χ2v) is 4.27. The number of oxazole rings is 1. The van der Waals surface area contributed by atoms with E-state index in [1.807, 2.05) is 0 Å². The standard InChI is InChI=1S/C13H10BF3N2O2/c14-9-3-1-8(2-4-9)11-19-10(7-21-11)5-6-18-12(20)13(15,16)17/h1-4,7H,5-6H2,(H,18,20). The lowest BCUT2D eigenvalue weighted by molar-refractivity contribution is -0.173. The highest BCUT2D eigenvalue weighted by Gasteiger charge is 2.38. The zero-order valence-corrected chi connectivity index (χ0v) is 10.8. The lowest BCUT2D eigenvalue weighted by atomic mass is 9.95. The van der Waals surface area contributed by atoms with E-state index < -0.39 is 12.1 Å². The number of nitrogens with zero attached hydrogens (tertiary/aromatic N) is 1. The first-order valence-electron chi connectivity index (χ1n) is 6.01. The van der Waals surface area contributed by atoms with Crippen LogP contribution in [0.5, 0.6) is 0 Å². The number of aromatic nitrogens is 1. The summed E-state index contributed by atoms with van der Waals surface area (Å²) in [6.07, 6.45) is -3.40. The van der Waals surface area contributed by atoms with Crippen molar-refractivity contribution in [1.29, 1.82) is 0 Å². The van der Waals surface area contributed by atoms with Crippen LogP contribution in [0.1, 0.15) is 5.69 Å². The number of amides is 1. The maximum absolute atomic E-state index is 12.0. The minimum atomic E-state index is -4.88. The zero-order valence-electron chi connectivity index (χ0n) is 10.8. The number of rotatable bonds is 4. The Morgan fingerprint density at radius 2 is 1.95 bits per heavy atom. The second-order valence-electron chi connectivity index (χ2n) is 4.27. The van der Waals surface area contributed by atoms with Crippen LogP contribution in [0.25, 0.3) is 11.5 Å². The van der Waals surface area contributed by atoms with E-state index in [1.165, 1.54) is 6.26 Å². The molecule has 0 atom stereocenters. The first-order valence-corrected chi connectivity index (χ1v) is 6.01. The lowest BCUT2D eigenvalue weighted by Crippen LogP contribution is -2.37. The Labute approximate surface area is 119 Å². The van der Waals surface area contributed by atoms with Crippen LogP contribution < -0.4 is 10.8 Å². The molecule has 0 fully saturated rings. The fraction of sp³-hybridized carbons (Fsp3) is 0.231. The minimum Gasteiger partial charge on any atom is -0.444 e. The van der Waals surface area contributed by atoms with Gasteiger partial charge in [-0.3, -0.25) is 4.79 Å². The molecule has 0 saturated carbocycles. The molecule has 0 saturated heterocycles. The second kappa shape index (κ2) is 6.03. The number of nitrogens with one attached hydrogen (secondary N) is 1. The van der Waals surface area contributed by atoms with E-state index in [-0.39, 0.29) is 13.0 Å². The van der Waals surface area contributed by atoms with Gasteiger partial charge in [-0.05, 0) is 0 Å². The third-order valence-electron chi connectivity index (χ3n) is 2.63. The van der Waals surface area contributed by atoms with Gasteiger partial charge in [0.1, 0.15) is 14.1 Å². The normalized spacial score (nSPS) is 11.4. The van der Waals surface area contributed by atoms with Crippen LogP contribution in [0.15, 0.2) is 34.9 Å². The number of hydrogen-bond donors (Lipinski definition) is 1. The van der Waals surface area contributed by atoms with Crippen molar-refractivity contribution in [3.8, 4) is 11.5 Å². The average molecular weight is 294 g/mol. The summed E-state index contributed by atoms with van der Waals surface area (Å²) in [5.41, 5.74) is 1.75. The lowest BCUT2D eigenvalue weighted by Gasteiger charge is -2.06. The summed E-state index contributed by atoms with van der Waals surface area (Å²) in [6, 6.07) is 6.80. The summed E-state index contributed by atoms with van der Waals surface area (Å²) in [5.74, 6) is -1.63. The highest BCUT2D eigenvalue weighted by molar-refractivity contribution is 6.32. The molecule has 1 N–H and O–H groups in total. The van der Waals surface area contributed by atoms with Gasteiger partial charge in [0.15, 0.2) is 0 Å². The van der Waals surface area contributed by atoms with Crippen LogP contribution in [0, 0.1) is 0 Å². The molecule has 1 amide bonds. The van der Waals surface area contributed by atoms with Gasteiger partial charge in [-0.25, -0.2) is 4.98 Å². The summed E-state index contributed by atoms with van der Waals surface area (Å²) < 4.78 is 41.2. The van der Waals surface area contributed by atoms with Crippen molar-refractivity contribution in [2.45, 2.75) is 12.6 Å². The number of hydrogen-bond acceptors (Lipinski definition) is 3. The van der Waals surface area contributed by atoms with Gasteiger partial charge in [-0.15, -0.1) is 0 Å². The van der Waals surface area contributed by atoms with Gasteiger partial charge in [-0.1, -0.05) is 29.7 Å². The summed E-state index contributed by atoms with van der Waals surface area (Å²) in [7, 11) is 5.56. The van der Waals surface area contributed by atoms with Crippen molar-refractivity contribution in [2.75, 3.05) is 6.54 Å². The fourth-order valence-corrected chi connectivity index (χ4v) is 1.58. The van der Waals surface area contributed by atoms with Crippen molar-refractivity contribution >= 4 is 19.2 Å². The van der Waals surface area contributed by atoms with E-state index in [4.69, 9.17) is 12.3 Å². The van der Waals surface area contributed by atoms with E-state index in [1.54, 1.807) is 29.6 Å². The van der Waals surface area contributed by atoms with Crippen molar-refractivity contribution < 1.29 is 22.4 Å². The number of alkyl halides is 3. The first kappa shape index (κ1) is 15.1. The maximum atomic E-state index is 12.0. The Balaban J connectivity index is 1.92. The van der Waals surface area contributed by atoms with Gasteiger partial charge < -0.3 is 9.73 Å². The van der Waals surface area contributed by atoms with Crippen LogP contribution in [0.4, 0.5) is 13.2 Å². The van der Waals surface area contributed by atoms with Crippen LogP contribution in [0.3, 0.4) is 0 Å². The molecule has 0 aliphatic rings. The predicted molar refractivity (Wildman–Crippen MR) is 70.1 cm³/mol. The molecule has 2 aromatic rings. The van der Waals surface area contributed by atoms with E-state index >= 15 is 0 Å². The molecule has 0 spiro atoms. The molecule has 1 aromatic carbocycles. The van der Waals surface area contributed by atoms with Gasteiger partial charge in [0.05, 0.1) is 5.69 Å². The quantitative estimate of drug-likeness (QED) is 0.866. The molecule has 0 unspecified atom stereocenters. The third-order valence-corrected chi connectivity index (χ3v) is 2.63. The Bertz CT molecular complexity index is 623. The Kier molecular flexibility index (Phi) is 4.35. The number of carbonyl (C=O) groups excluding carboxylic acids is 1. The molecule has 1 aromatic heterocycles. The molecule has 0 bridgehead atoms. The van der Waals surface area contributed by atoms with Crippen molar-refractivity contribution in [3.05, 3.63) is 36.2 Å². The molecule has 21 heavy (non-hydrogen) atoms. The molecule has 2 rings (SSSR count).